The number of carbonyl (C=O) groups is 1. The summed E-state index contributed by atoms with van der Waals surface area (Å²) < 4.78 is 10.7. The van der Waals surface area contributed by atoms with E-state index in [1.165, 1.54) is 7.11 Å². The smallest absolute Gasteiger partial charge is 0.276 e. The van der Waals surface area contributed by atoms with Crippen LogP contribution >= 0.6 is 0 Å². The molecule has 1 fully saturated rings. The van der Waals surface area contributed by atoms with Gasteiger partial charge in [0.2, 0.25) is 5.88 Å². The predicted molar refractivity (Wildman–Crippen MR) is 111 cm³/mol. The van der Waals surface area contributed by atoms with E-state index in [1.54, 1.807) is 12.0 Å². The molecule has 1 amide bonds. The van der Waals surface area contributed by atoms with Crippen molar-refractivity contribution in [2.45, 2.75) is 20.3 Å². The van der Waals surface area contributed by atoms with E-state index in [0.29, 0.717) is 38.3 Å². The molecular formula is C21H28N4O4. The Morgan fingerprint density at radius 3 is 2.45 bits per heavy atom. The van der Waals surface area contributed by atoms with Gasteiger partial charge in [0, 0.05) is 26.2 Å². The third kappa shape index (κ3) is 4.52. The normalized spacial score (nSPS) is 14.2. The number of ether oxygens (including phenoxy) is 2. The highest BCUT2D eigenvalue weighted by atomic mass is 16.5. The third-order valence-corrected chi connectivity index (χ3v) is 4.95. The van der Waals surface area contributed by atoms with Crippen LogP contribution in [0.25, 0.3) is 0 Å². The molecule has 1 aromatic heterocycles. The van der Waals surface area contributed by atoms with Gasteiger partial charge in [-0.2, -0.15) is 0 Å². The Balaban J connectivity index is 1.75. The van der Waals surface area contributed by atoms with Crippen molar-refractivity contribution in [3.63, 3.8) is 0 Å². The van der Waals surface area contributed by atoms with Crippen molar-refractivity contribution in [2.24, 2.45) is 5.92 Å². The van der Waals surface area contributed by atoms with Gasteiger partial charge in [-0.05, 0) is 24.5 Å². The van der Waals surface area contributed by atoms with E-state index in [-0.39, 0.29) is 29.0 Å². The molecule has 156 valence electrons. The number of amides is 1. The van der Waals surface area contributed by atoms with E-state index in [4.69, 9.17) is 9.47 Å². The van der Waals surface area contributed by atoms with Gasteiger partial charge in [0.15, 0.2) is 5.69 Å². The summed E-state index contributed by atoms with van der Waals surface area (Å²) in [6, 6.07) is 7.83. The van der Waals surface area contributed by atoms with Gasteiger partial charge in [0.1, 0.15) is 11.4 Å². The lowest BCUT2D eigenvalue weighted by atomic mass is 10.1. The molecule has 0 unspecified atom stereocenters. The first-order valence-electron chi connectivity index (χ1n) is 9.79. The molecule has 0 bridgehead atoms. The van der Waals surface area contributed by atoms with Gasteiger partial charge < -0.3 is 24.3 Å². The monoisotopic (exact) mass is 400 g/mol. The van der Waals surface area contributed by atoms with Crippen molar-refractivity contribution < 1.29 is 14.3 Å². The van der Waals surface area contributed by atoms with Crippen molar-refractivity contribution >= 4 is 11.6 Å². The molecule has 2 aromatic rings. The van der Waals surface area contributed by atoms with Gasteiger partial charge in [-0.1, -0.05) is 26.0 Å². The number of carbonyl (C=O) groups excluding carboxylic acids is 1. The minimum absolute atomic E-state index is 0.107. The number of anilines is 1. The Labute approximate surface area is 170 Å². The third-order valence-electron chi connectivity index (χ3n) is 4.95. The van der Waals surface area contributed by atoms with Crippen molar-refractivity contribution in [1.29, 1.82) is 0 Å². The predicted octanol–water partition coefficient (Wildman–Crippen LogP) is 1.95. The van der Waals surface area contributed by atoms with E-state index in [0.717, 1.165) is 11.4 Å². The topological polar surface area (TPSA) is 87.8 Å². The fraction of sp³-hybridized carbons (Fsp3) is 0.476. The quantitative estimate of drug-likeness (QED) is 0.797. The van der Waals surface area contributed by atoms with Crippen molar-refractivity contribution in [2.75, 3.05) is 45.3 Å². The Morgan fingerprint density at radius 2 is 1.83 bits per heavy atom. The van der Waals surface area contributed by atoms with E-state index >= 15 is 0 Å². The van der Waals surface area contributed by atoms with Crippen LogP contribution in [0.2, 0.25) is 0 Å². The minimum atomic E-state index is -0.337. The number of nitrogens with zero attached hydrogens (tertiary/aromatic N) is 3. The zero-order chi connectivity index (χ0) is 21.0. The summed E-state index contributed by atoms with van der Waals surface area (Å²) in [5.74, 6) is 0.973. The van der Waals surface area contributed by atoms with Crippen molar-refractivity contribution in [3.05, 3.63) is 46.0 Å². The van der Waals surface area contributed by atoms with Crippen LogP contribution in [0, 0.1) is 5.92 Å². The molecule has 0 radical (unpaired) electrons. The molecule has 29 heavy (non-hydrogen) atoms. The number of piperazine rings is 1. The number of aromatic nitrogens is 2. The van der Waals surface area contributed by atoms with Gasteiger partial charge in [-0.25, -0.2) is 4.98 Å². The van der Waals surface area contributed by atoms with Crippen molar-refractivity contribution in [1.82, 2.24) is 14.9 Å². The summed E-state index contributed by atoms with van der Waals surface area (Å²) in [5, 5.41) is 0. The van der Waals surface area contributed by atoms with E-state index < -0.39 is 0 Å². The number of H-pyrrole nitrogens is 1. The van der Waals surface area contributed by atoms with Gasteiger partial charge in [-0.15, -0.1) is 0 Å². The van der Waals surface area contributed by atoms with Crippen LogP contribution in [-0.4, -0.2) is 61.2 Å². The maximum absolute atomic E-state index is 13.0. The summed E-state index contributed by atoms with van der Waals surface area (Å²) in [4.78, 5) is 36.3. The summed E-state index contributed by atoms with van der Waals surface area (Å²) in [6.07, 6.45) is 0.526. The number of hydrogen-bond acceptors (Lipinski definition) is 6. The number of nitrogens with one attached hydrogen (secondary N) is 1. The van der Waals surface area contributed by atoms with Crippen molar-refractivity contribution in [3.8, 4) is 11.6 Å². The molecule has 0 spiro atoms. The number of aromatic amines is 1. The van der Waals surface area contributed by atoms with Crippen LogP contribution in [0.3, 0.4) is 0 Å². The second-order valence-corrected chi connectivity index (χ2v) is 7.45. The molecule has 1 aliphatic rings. The minimum Gasteiger partial charge on any atom is -0.495 e. The fourth-order valence-electron chi connectivity index (χ4n) is 3.49. The van der Waals surface area contributed by atoms with Crippen LogP contribution in [0.15, 0.2) is 29.1 Å². The molecule has 8 heteroatoms. The number of benzene rings is 1. The molecule has 3 rings (SSSR count). The van der Waals surface area contributed by atoms with Gasteiger partial charge in [-0.3, -0.25) is 9.59 Å². The highest BCUT2D eigenvalue weighted by Crippen LogP contribution is 2.28. The molecule has 1 saturated heterocycles. The van der Waals surface area contributed by atoms with E-state index in [2.05, 4.69) is 14.9 Å². The first-order chi connectivity index (χ1) is 13.9. The van der Waals surface area contributed by atoms with Gasteiger partial charge in [0.25, 0.3) is 11.5 Å². The summed E-state index contributed by atoms with van der Waals surface area (Å²) >= 11 is 0. The highest BCUT2D eigenvalue weighted by Gasteiger charge is 2.27. The number of para-hydroxylation sites is 2. The second kappa shape index (κ2) is 8.98. The summed E-state index contributed by atoms with van der Waals surface area (Å²) in [7, 11) is 3.10. The summed E-state index contributed by atoms with van der Waals surface area (Å²) in [6.45, 7) is 6.39. The Hall–Kier alpha value is -3.03. The molecule has 0 atom stereocenters. The van der Waals surface area contributed by atoms with E-state index in [9.17, 15) is 9.59 Å². The molecule has 2 heterocycles. The molecule has 0 aliphatic carbocycles. The van der Waals surface area contributed by atoms with Crippen LogP contribution < -0.4 is 19.9 Å². The van der Waals surface area contributed by atoms with Gasteiger partial charge >= 0.3 is 0 Å². The lowest BCUT2D eigenvalue weighted by Gasteiger charge is -2.36. The average molecular weight is 400 g/mol. The first kappa shape index (κ1) is 20.7. The van der Waals surface area contributed by atoms with Crippen LogP contribution in [0.1, 0.15) is 30.0 Å². The molecule has 1 aromatic carbocycles. The Morgan fingerprint density at radius 1 is 1.14 bits per heavy atom. The molecule has 8 nitrogen and oxygen atoms in total. The molecule has 1 aliphatic heterocycles. The first-order valence-corrected chi connectivity index (χ1v) is 9.79. The average Bonchev–Trinajstić information content (AvgIpc) is 2.74. The molecule has 1 N–H and O–H groups in total. The Kier molecular flexibility index (Phi) is 6.41. The van der Waals surface area contributed by atoms with Gasteiger partial charge in [0.05, 0.1) is 19.9 Å². The largest absolute Gasteiger partial charge is 0.495 e. The van der Waals surface area contributed by atoms with Crippen LogP contribution in [0.4, 0.5) is 5.69 Å². The lowest BCUT2D eigenvalue weighted by molar-refractivity contribution is 0.0735. The molecule has 0 saturated carbocycles. The van der Waals surface area contributed by atoms with Crippen LogP contribution in [-0.2, 0) is 6.42 Å². The SMILES string of the molecule is COc1ccccc1N1CCN(C(=O)c2[nH]c(=O)c(CC(C)C)nc2OC)CC1. The summed E-state index contributed by atoms with van der Waals surface area (Å²) in [5.41, 5.74) is 1.16. The highest BCUT2D eigenvalue weighted by molar-refractivity contribution is 5.94. The maximum Gasteiger partial charge on any atom is 0.276 e. The second-order valence-electron chi connectivity index (χ2n) is 7.45. The molecular weight excluding hydrogens is 372 g/mol. The zero-order valence-electron chi connectivity index (χ0n) is 17.4. The standard InChI is InChI=1S/C21H28N4O4/c1-14(2)13-15-19(26)23-18(20(22-15)29-4)21(27)25-11-9-24(10-12-25)16-7-5-6-8-17(16)28-3/h5-8,14H,9-13H2,1-4H3,(H,23,26). The van der Waals surface area contributed by atoms with E-state index in [1.807, 2.05) is 38.1 Å². The lowest BCUT2D eigenvalue weighted by Crippen LogP contribution is -2.49. The zero-order valence-corrected chi connectivity index (χ0v) is 17.4. The maximum atomic E-state index is 13.0. The Bertz CT molecular complexity index is 917. The van der Waals surface area contributed by atoms with Crippen LogP contribution in [0.5, 0.6) is 11.6 Å². The fourth-order valence-corrected chi connectivity index (χ4v) is 3.49. The number of hydrogen-bond donors (Lipinski definition) is 1. The number of rotatable bonds is 6. The number of methoxy groups -OCH3 is 2.